The lowest BCUT2D eigenvalue weighted by Crippen LogP contribution is -2.03. The van der Waals surface area contributed by atoms with Gasteiger partial charge >= 0.3 is 0 Å². The maximum Gasteiger partial charge on any atom is 0.0460 e. The number of anilines is 1. The van der Waals surface area contributed by atoms with E-state index in [9.17, 15) is 0 Å². The summed E-state index contributed by atoms with van der Waals surface area (Å²) in [5.74, 6) is 0. The Morgan fingerprint density at radius 3 is 2.83 bits per heavy atom. The standard InChI is InChI=1S/C11H11N/c1-8-7-9(2)12-11-6-4-3-5-10(8)11/h3-7,12H,2H2,1H3. The normalized spacial score (nSPS) is 14.8. The highest BCUT2D eigenvalue weighted by Gasteiger charge is 2.08. The molecule has 2 rings (SSSR count). The summed E-state index contributed by atoms with van der Waals surface area (Å²) in [6.45, 7) is 5.98. The maximum atomic E-state index is 3.88. The molecule has 0 aliphatic carbocycles. The van der Waals surface area contributed by atoms with Gasteiger partial charge in [-0.25, -0.2) is 0 Å². The Balaban J connectivity index is 2.60. The summed E-state index contributed by atoms with van der Waals surface area (Å²) in [7, 11) is 0. The summed E-state index contributed by atoms with van der Waals surface area (Å²) in [5, 5.41) is 3.22. The van der Waals surface area contributed by atoms with Crippen molar-refractivity contribution in [2.45, 2.75) is 6.92 Å². The molecule has 1 N–H and O–H groups in total. The number of fused-ring (bicyclic) bond motifs is 1. The molecule has 1 aromatic rings. The number of benzene rings is 1. The van der Waals surface area contributed by atoms with Crippen LogP contribution in [0, 0.1) is 0 Å². The van der Waals surface area contributed by atoms with Gasteiger partial charge in [-0.05, 0) is 24.6 Å². The molecule has 0 atom stereocenters. The Morgan fingerprint density at radius 2 is 2.00 bits per heavy atom. The van der Waals surface area contributed by atoms with Crippen LogP contribution in [0.25, 0.3) is 5.57 Å². The van der Waals surface area contributed by atoms with Crippen molar-refractivity contribution in [3.63, 3.8) is 0 Å². The van der Waals surface area contributed by atoms with Gasteiger partial charge in [0.05, 0.1) is 0 Å². The molecule has 0 aromatic heterocycles. The topological polar surface area (TPSA) is 12.0 Å². The van der Waals surface area contributed by atoms with Crippen LogP contribution in [0.2, 0.25) is 0 Å². The largest absolute Gasteiger partial charge is 0.356 e. The second-order valence-electron chi connectivity index (χ2n) is 3.02. The van der Waals surface area contributed by atoms with Crippen LogP contribution in [0.1, 0.15) is 12.5 Å². The molecule has 1 heteroatoms. The molecular formula is C11H11N. The predicted octanol–water partition coefficient (Wildman–Crippen LogP) is 3.03. The minimum atomic E-state index is 0.964. The first-order chi connectivity index (χ1) is 5.77. The van der Waals surface area contributed by atoms with Gasteiger partial charge in [-0.2, -0.15) is 0 Å². The molecule has 1 aliphatic heterocycles. The fraction of sp³-hybridized carbons (Fsp3) is 0.0909. The fourth-order valence-electron chi connectivity index (χ4n) is 1.48. The van der Waals surface area contributed by atoms with Gasteiger partial charge in [0.25, 0.3) is 0 Å². The van der Waals surface area contributed by atoms with Gasteiger partial charge < -0.3 is 5.32 Å². The van der Waals surface area contributed by atoms with E-state index < -0.39 is 0 Å². The summed E-state index contributed by atoms with van der Waals surface area (Å²) in [6.07, 6.45) is 2.06. The molecule has 1 aromatic carbocycles. The number of hydrogen-bond acceptors (Lipinski definition) is 1. The lowest BCUT2D eigenvalue weighted by atomic mass is 10.0. The smallest absolute Gasteiger partial charge is 0.0460 e. The minimum Gasteiger partial charge on any atom is -0.356 e. The molecule has 12 heavy (non-hydrogen) atoms. The number of para-hydroxylation sites is 1. The van der Waals surface area contributed by atoms with Crippen LogP contribution in [-0.4, -0.2) is 0 Å². The molecule has 0 saturated heterocycles. The zero-order valence-electron chi connectivity index (χ0n) is 7.09. The Labute approximate surface area is 72.4 Å². The minimum absolute atomic E-state index is 0.964. The van der Waals surface area contributed by atoms with E-state index in [2.05, 4.69) is 37.0 Å². The van der Waals surface area contributed by atoms with Gasteiger partial charge in [-0.1, -0.05) is 24.8 Å². The Morgan fingerprint density at radius 1 is 1.25 bits per heavy atom. The van der Waals surface area contributed by atoms with E-state index in [1.54, 1.807) is 0 Å². The van der Waals surface area contributed by atoms with Crippen molar-refractivity contribution in [2.75, 3.05) is 5.32 Å². The third kappa shape index (κ3) is 1.03. The first-order valence-corrected chi connectivity index (χ1v) is 4.01. The predicted molar refractivity (Wildman–Crippen MR) is 52.9 cm³/mol. The van der Waals surface area contributed by atoms with Crippen molar-refractivity contribution in [2.24, 2.45) is 0 Å². The molecule has 0 radical (unpaired) electrons. The summed E-state index contributed by atoms with van der Waals surface area (Å²) >= 11 is 0. The molecule has 1 nitrogen and oxygen atoms in total. The molecule has 1 heterocycles. The first kappa shape index (κ1) is 7.17. The summed E-state index contributed by atoms with van der Waals surface area (Å²) < 4.78 is 0. The van der Waals surface area contributed by atoms with Crippen LogP contribution in [0.15, 0.2) is 42.6 Å². The molecular weight excluding hydrogens is 146 g/mol. The Bertz CT molecular complexity index is 361. The monoisotopic (exact) mass is 157 g/mol. The van der Waals surface area contributed by atoms with Crippen LogP contribution < -0.4 is 5.32 Å². The fourth-order valence-corrected chi connectivity index (χ4v) is 1.48. The molecule has 60 valence electrons. The van der Waals surface area contributed by atoms with Gasteiger partial charge in [0, 0.05) is 16.9 Å². The summed E-state index contributed by atoms with van der Waals surface area (Å²) in [6, 6.07) is 8.25. The van der Waals surface area contributed by atoms with E-state index in [4.69, 9.17) is 0 Å². The van der Waals surface area contributed by atoms with Crippen LogP contribution in [0.3, 0.4) is 0 Å². The van der Waals surface area contributed by atoms with Gasteiger partial charge in [0.2, 0.25) is 0 Å². The first-order valence-electron chi connectivity index (χ1n) is 4.01. The molecule has 1 aliphatic rings. The number of hydrogen-bond donors (Lipinski definition) is 1. The molecule has 0 saturated carbocycles. The lowest BCUT2D eigenvalue weighted by molar-refractivity contribution is 1.41. The third-order valence-corrected chi connectivity index (χ3v) is 2.04. The van der Waals surface area contributed by atoms with E-state index in [1.807, 2.05) is 12.1 Å². The number of nitrogens with one attached hydrogen (secondary N) is 1. The SMILES string of the molecule is C=C1C=C(C)c2ccccc2N1. The van der Waals surface area contributed by atoms with Gasteiger partial charge in [0.15, 0.2) is 0 Å². The molecule has 0 bridgehead atoms. The van der Waals surface area contributed by atoms with E-state index in [0.717, 1.165) is 11.4 Å². The van der Waals surface area contributed by atoms with E-state index >= 15 is 0 Å². The Kier molecular flexibility index (Phi) is 1.51. The molecule has 0 fully saturated rings. The second kappa shape index (κ2) is 2.52. The zero-order valence-corrected chi connectivity index (χ0v) is 7.09. The van der Waals surface area contributed by atoms with Crippen molar-refractivity contribution < 1.29 is 0 Å². The van der Waals surface area contributed by atoms with Crippen molar-refractivity contribution >= 4 is 11.3 Å². The van der Waals surface area contributed by atoms with Crippen LogP contribution >= 0.6 is 0 Å². The summed E-state index contributed by atoms with van der Waals surface area (Å²) in [5.41, 5.74) is 4.66. The van der Waals surface area contributed by atoms with E-state index in [-0.39, 0.29) is 0 Å². The summed E-state index contributed by atoms with van der Waals surface area (Å²) in [4.78, 5) is 0. The lowest BCUT2D eigenvalue weighted by Gasteiger charge is -2.17. The zero-order chi connectivity index (χ0) is 8.55. The van der Waals surface area contributed by atoms with Gasteiger partial charge in [-0.15, -0.1) is 0 Å². The van der Waals surface area contributed by atoms with E-state index in [0.29, 0.717) is 0 Å². The highest BCUT2D eigenvalue weighted by Crippen LogP contribution is 2.29. The van der Waals surface area contributed by atoms with Crippen LogP contribution in [-0.2, 0) is 0 Å². The molecule has 0 spiro atoms. The van der Waals surface area contributed by atoms with Crippen molar-refractivity contribution in [3.8, 4) is 0 Å². The van der Waals surface area contributed by atoms with Crippen LogP contribution in [0.5, 0.6) is 0 Å². The maximum absolute atomic E-state index is 3.88. The van der Waals surface area contributed by atoms with Crippen molar-refractivity contribution in [1.29, 1.82) is 0 Å². The second-order valence-corrected chi connectivity index (χ2v) is 3.02. The average molecular weight is 157 g/mol. The van der Waals surface area contributed by atoms with Gasteiger partial charge in [0.1, 0.15) is 0 Å². The molecule has 0 unspecified atom stereocenters. The van der Waals surface area contributed by atoms with Crippen molar-refractivity contribution in [3.05, 3.63) is 48.2 Å². The Hall–Kier alpha value is -1.50. The van der Waals surface area contributed by atoms with Crippen molar-refractivity contribution in [1.82, 2.24) is 0 Å². The quantitative estimate of drug-likeness (QED) is 0.610. The molecule has 0 amide bonds. The van der Waals surface area contributed by atoms with Gasteiger partial charge in [-0.3, -0.25) is 0 Å². The third-order valence-electron chi connectivity index (χ3n) is 2.04. The highest BCUT2D eigenvalue weighted by atomic mass is 14.9. The number of rotatable bonds is 0. The average Bonchev–Trinajstić information content (AvgIpc) is 2.04. The number of allylic oxidation sites excluding steroid dienone is 2. The van der Waals surface area contributed by atoms with E-state index in [1.165, 1.54) is 11.1 Å². The van der Waals surface area contributed by atoms with Crippen LogP contribution in [0.4, 0.5) is 5.69 Å². The highest BCUT2D eigenvalue weighted by molar-refractivity contribution is 5.81.